The van der Waals surface area contributed by atoms with E-state index in [-0.39, 0.29) is 18.1 Å². The predicted molar refractivity (Wildman–Crippen MR) is 142 cm³/mol. The number of carbonyl (C=O) groups excluding carboxylic acids is 1. The molecule has 0 aromatic heterocycles. The lowest BCUT2D eigenvalue weighted by Crippen LogP contribution is -2.45. The molecule has 0 fully saturated rings. The van der Waals surface area contributed by atoms with Crippen molar-refractivity contribution in [1.82, 2.24) is 10.6 Å². The summed E-state index contributed by atoms with van der Waals surface area (Å²) >= 11 is 0. The lowest BCUT2D eigenvalue weighted by molar-refractivity contribution is 0.152. The zero-order valence-electron chi connectivity index (χ0n) is 20.5. The van der Waals surface area contributed by atoms with Crippen LogP contribution in [0.15, 0.2) is 84.9 Å². The normalized spacial score (nSPS) is 11.6. The maximum Gasteiger partial charge on any atom is 0.407 e. The average molecular weight is 510 g/mol. The van der Waals surface area contributed by atoms with Crippen LogP contribution in [0.1, 0.15) is 23.1 Å². The molecule has 0 spiro atoms. The summed E-state index contributed by atoms with van der Waals surface area (Å²) in [7, 11) is -1.63. The van der Waals surface area contributed by atoms with Gasteiger partial charge in [-0.3, -0.25) is 5.32 Å². The van der Waals surface area contributed by atoms with Gasteiger partial charge < -0.3 is 14.8 Å². The highest BCUT2D eigenvalue weighted by atomic mass is 32.2. The van der Waals surface area contributed by atoms with E-state index in [1.165, 1.54) is 0 Å². The highest BCUT2D eigenvalue weighted by Gasteiger charge is 2.35. The van der Waals surface area contributed by atoms with Gasteiger partial charge in [0.05, 0.1) is 24.2 Å². The van der Waals surface area contributed by atoms with E-state index in [1.54, 1.807) is 7.11 Å². The van der Waals surface area contributed by atoms with Gasteiger partial charge in [0, 0.05) is 6.54 Å². The highest BCUT2D eigenvalue weighted by molar-refractivity contribution is 7.91. The van der Waals surface area contributed by atoms with Gasteiger partial charge in [0.1, 0.15) is 12.4 Å². The van der Waals surface area contributed by atoms with E-state index in [0.29, 0.717) is 19.5 Å². The number of hydrogen-bond acceptors (Lipinski definition) is 6. The Morgan fingerprint density at radius 1 is 0.861 bits per heavy atom. The van der Waals surface area contributed by atoms with Crippen molar-refractivity contribution in [3.05, 3.63) is 109 Å². The summed E-state index contributed by atoms with van der Waals surface area (Å²) in [6.07, 6.45) is -0.00840. The van der Waals surface area contributed by atoms with Crippen LogP contribution < -0.4 is 15.4 Å². The van der Waals surface area contributed by atoms with Crippen LogP contribution in [0.5, 0.6) is 5.75 Å². The minimum Gasteiger partial charge on any atom is -0.497 e. The molecule has 0 aliphatic carbocycles. The molecule has 0 unspecified atom stereocenters. The lowest BCUT2D eigenvalue weighted by atomic mass is 9.77. The van der Waals surface area contributed by atoms with Crippen LogP contribution in [-0.4, -0.2) is 52.8 Å². The number of benzene rings is 3. The third-order valence-electron chi connectivity index (χ3n) is 5.89. The van der Waals surface area contributed by atoms with Gasteiger partial charge >= 0.3 is 6.09 Å². The number of ether oxygens (including phenoxy) is 2. The van der Waals surface area contributed by atoms with Gasteiger partial charge in [0.2, 0.25) is 0 Å². The molecule has 3 aromatic rings. The van der Waals surface area contributed by atoms with E-state index < -0.39 is 21.5 Å². The quantitative estimate of drug-likeness (QED) is 0.268. The zero-order chi connectivity index (χ0) is 25.9. The molecule has 36 heavy (non-hydrogen) atoms. The van der Waals surface area contributed by atoms with Crippen LogP contribution in [0.3, 0.4) is 0 Å². The monoisotopic (exact) mass is 509 g/mol. The summed E-state index contributed by atoms with van der Waals surface area (Å²) in [5.74, 6) is 0.325. The fraction of sp³-hybridized carbons (Fsp3) is 0.286. The van der Waals surface area contributed by atoms with Gasteiger partial charge in [-0.15, -0.1) is 0 Å². The van der Waals surface area contributed by atoms with E-state index in [9.17, 15) is 13.2 Å². The van der Waals surface area contributed by atoms with Crippen molar-refractivity contribution in [3.8, 4) is 5.75 Å². The summed E-state index contributed by atoms with van der Waals surface area (Å²) in [5.41, 5.74) is 2.60. The summed E-state index contributed by atoms with van der Waals surface area (Å²) in [5, 5.41) is 6.42. The summed E-state index contributed by atoms with van der Waals surface area (Å²) in [6, 6.07) is 28.5. The number of nitrogens with one attached hydrogen (secondary N) is 2. The second-order valence-electron chi connectivity index (χ2n) is 8.21. The number of amides is 1. The molecule has 1 radical (unpaired) electrons. The van der Waals surface area contributed by atoms with Gasteiger partial charge in [0.25, 0.3) is 0 Å². The van der Waals surface area contributed by atoms with Gasteiger partial charge in [-0.2, -0.15) is 0 Å². The second kappa shape index (κ2) is 13.1. The number of rotatable bonds is 13. The molecule has 2 N–H and O–H groups in total. The SMILES string of the molecule is [CH2]CS(=O)(=O)CCOC(=O)NCCCNC(c1ccccc1)(c1ccccc1)c1ccc(OC)cc1. The van der Waals surface area contributed by atoms with Crippen molar-refractivity contribution >= 4 is 15.9 Å². The van der Waals surface area contributed by atoms with Crippen molar-refractivity contribution in [2.45, 2.75) is 12.0 Å². The molecule has 0 saturated heterocycles. The molecule has 0 heterocycles. The van der Waals surface area contributed by atoms with Crippen LogP contribution in [0.2, 0.25) is 0 Å². The third kappa shape index (κ3) is 7.08. The number of hydrogen-bond donors (Lipinski definition) is 2. The molecule has 0 saturated carbocycles. The summed E-state index contributed by atoms with van der Waals surface area (Å²) in [4.78, 5) is 11.9. The fourth-order valence-corrected chi connectivity index (χ4v) is 4.53. The van der Waals surface area contributed by atoms with Crippen molar-refractivity contribution in [3.63, 3.8) is 0 Å². The van der Waals surface area contributed by atoms with Crippen molar-refractivity contribution in [2.24, 2.45) is 0 Å². The Balaban J connectivity index is 1.74. The number of alkyl carbamates (subject to hydrolysis) is 1. The Hall–Kier alpha value is -3.36. The maximum absolute atomic E-state index is 11.9. The van der Waals surface area contributed by atoms with E-state index in [4.69, 9.17) is 9.47 Å². The minimum absolute atomic E-state index is 0.190. The van der Waals surface area contributed by atoms with Crippen molar-refractivity contribution < 1.29 is 22.7 Å². The van der Waals surface area contributed by atoms with Crippen LogP contribution in [0.25, 0.3) is 0 Å². The Bertz CT molecular complexity index is 1140. The highest BCUT2D eigenvalue weighted by Crippen LogP contribution is 2.37. The largest absolute Gasteiger partial charge is 0.497 e. The summed E-state index contributed by atoms with van der Waals surface area (Å²) in [6.45, 7) is 4.13. The molecule has 191 valence electrons. The van der Waals surface area contributed by atoms with Crippen LogP contribution >= 0.6 is 0 Å². The molecular formula is C28H33N2O5S. The fourth-order valence-electron chi connectivity index (χ4n) is 3.99. The number of carbonyl (C=O) groups is 1. The number of methoxy groups -OCH3 is 1. The molecule has 0 bridgehead atoms. The van der Waals surface area contributed by atoms with E-state index in [1.807, 2.05) is 48.5 Å². The van der Waals surface area contributed by atoms with E-state index in [0.717, 1.165) is 22.4 Å². The number of sulfone groups is 1. The van der Waals surface area contributed by atoms with Crippen LogP contribution in [0, 0.1) is 6.92 Å². The first-order chi connectivity index (χ1) is 17.4. The minimum atomic E-state index is -3.28. The first-order valence-electron chi connectivity index (χ1n) is 11.8. The Morgan fingerprint density at radius 2 is 1.42 bits per heavy atom. The second-order valence-corrected chi connectivity index (χ2v) is 10.5. The summed E-state index contributed by atoms with van der Waals surface area (Å²) < 4.78 is 33.3. The molecule has 0 aliphatic heterocycles. The van der Waals surface area contributed by atoms with Gasteiger partial charge in [-0.05, 0) is 48.7 Å². The maximum atomic E-state index is 11.9. The standard InChI is InChI=1S/C28H33N2O5S/c1-3-36(32,33)22-21-35-27(31)29-19-10-20-30-28(23-11-6-4-7-12-23,24-13-8-5-9-14-24)25-15-17-26(34-2)18-16-25/h4-9,11-18,30H,1,3,10,19-22H2,2H3,(H,29,31). The molecule has 3 aromatic carbocycles. The van der Waals surface area contributed by atoms with Gasteiger partial charge in [-0.1, -0.05) is 72.8 Å². The van der Waals surface area contributed by atoms with Crippen LogP contribution in [0.4, 0.5) is 4.79 Å². The average Bonchev–Trinajstić information content (AvgIpc) is 2.92. The van der Waals surface area contributed by atoms with Crippen molar-refractivity contribution in [1.29, 1.82) is 0 Å². The molecule has 7 nitrogen and oxygen atoms in total. The van der Waals surface area contributed by atoms with E-state index in [2.05, 4.69) is 54.0 Å². The topological polar surface area (TPSA) is 93.7 Å². The first-order valence-corrected chi connectivity index (χ1v) is 13.6. The first kappa shape index (κ1) is 27.2. The van der Waals surface area contributed by atoms with Gasteiger partial charge in [0.15, 0.2) is 9.84 Å². The van der Waals surface area contributed by atoms with Crippen LogP contribution in [-0.2, 0) is 20.1 Å². The lowest BCUT2D eigenvalue weighted by Gasteiger charge is -2.37. The van der Waals surface area contributed by atoms with Gasteiger partial charge in [-0.25, -0.2) is 13.2 Å². The van der Waals surface area contributed by atoms with E-state index >= 15 is 0 Å². The Morgan fingerprint density at radius 3 is 1.94 bits per heavy atom. The molecule has 0 aliphatic rings. The smallest absolute Gasteiger partial charge is 0.407 e. The molecule has 3 rings (SSSR count). The predicted octanol–water partition coefficient (Wildman–Crippen LogP) is 3.94. The molecule has 0 atom stereocenters. The zero-order valence-corrected chi connectivity index (χ0v) is 21.3. The molecule has 8 heteroatoms. The Kier molecular flexibility index (Phi) is 9.90. The Labute approximate surface area is 213 Å². The molecule has 1 amide bonds. The third-order valence-corrected chi connectivity index (χ3v) is 7.30. The van der Waals surface area contributed by atoms with Crippen molar-refractivity contribution in [2.75, 3.05) is 38.3 Å². The molecular weight excluding hydrogens is 476 g/mol.